The Kier molecular flexibility index (Phi) is 11.3. The van der Waals surface area contributed by atoms with E-state index < -0.39 is 23.9 Å². The zero-order valence-electron chi connectivity index (χ0n) is 20.3. The molecule has 0 saturated heterocycles. The summed E-state index contributed by atoms with van der Waals surface area (Å²) in [6, 6.07) is 5.81. The first-order valence-electron chi connectivity index (χ1n) is 12.2. The quantitative estimate of drug-likeness (QED) is 0.280. The summed E-state index contributed by atoms with van der Waals surface area (Å²) in [5, 5.41) is 6.39. The van der Waals surface area contributed by atoms with Crippen LogP contribution in [-0.2, 0) is 25.6 Å². The minimum atomic E-state index is -1.02. The van der Waals surface area contributed by atoms with Crippen molar-refractivity contribution in [3.63, 3.8) is 0 Å². The van der Waals surface area contributed by atoms with Gasteiger partial charge in [0.2, 0.25) is 17.7 Å². The van der Waals surface area contributed by atoms with Gasteiger partial charge in [-0.25, -0.2) is 0 Å². The maximum Gasteiger partial charge on any atom is 0.243 e. The third-order valence-corrected chi connectivity index (χ3v) is 5.97. The number of fused-ring (bicyclic) bond motifs is 1. The van der Waals surface area contributed by atoms with Crippen molar-refractivity contribution in [2.24, 2.45) is 5.73 Å². The summed E-state index contributed by atoms with van der Waals surface area (Å²) >= 11 is 0. The average Bonchev–Trinajstić information content (AvgIpc) is 3.20. The first-order chi connectivity index (χ1) is 16.3. The number of benzene rings is 1. The van der Waals surface area contributed by atoms with Crippen LogP contribution >= 0.6 is 0 Å². The van der Waals surface area contributed by atoms with E-state index in [4.69, 9.17) is 5.73 Å². The fourth-order valence-electron chi connectivity index (χ4n) is 4.01. The number of hydrogen-bond donors (Lipinski definition) is 4. The Hall–Kier alpha value is -3.16. The highest BCUT2D eigenvalue weighted by Crippen LogP contribution is 2.19. The molecule has 2 rings (SSSR count). The molecule has 3 amide bonds. The van der Waals surface area contributed by atoms with Crippen LogP contribution in [0.3, 0.4) is 0 Å². The molecule has 1 heterocycles. The number of aromatic nitrogens is 1. The number of amides is 3. The molecule has 0 aliphatic carbocycles. The number of para-hydroxylation sites is 1. The van der Waals surface area contributed by atoms with Crippen molar-refractivity contribution in [1.29, 1.82) is 0 Å². The molecule has 1 unspecified atom stereocenters. The zero-order valence-corrected chi connectivity index (χ0v) is 20.3. The number of Topliss-reactive ketones (excluding diaryl/α,β-unsaturated/α-hetero) is 1. The van der Waals surface area contributed by atoms with Gasteiger partial charge in [0, 0.05) is 29.9 Å². The highest BCUT2D eigenvalue weighted by Gasteiger charge is 2.27. The predicted octanol–water partition coefficient (Wildman–Crippen LogP) is 3.29. The summed E-state index contributed by atoms with van der Waals surface area (Å²) in [4.78, 5) is 52.1. The molecule has 0 spiro atoms. The van der Waals surface area contributed by atoms with Gasteiger partial charge < -0.3 is 21.4 Å². The number of nitrogens with two attached hydrogens (primary N) is 1. The number of ketones is 1. The lowest BCUT2D eigenvalue weighted by molar-refractivity contribution is -0.132. The van der Waals surface area contributed by atoms with Gasteiger partial charge in [-0.15, -0.1) is 0 Å². The molecule has 0 saturated carbocycles. The van der Waals surface area contributed by atoms with E-state index in [1.54, 1.807) is 0 Å². The largest absolute Gasteiger partial charge is 0.370 e. The lowest BCUT2D eigenvalue weighted by Crippen LogP contribution is -2.52. The lowest BCUT2D eigenvalue weighted by atomic mass is 10.0. The molecule has 2 aromatic rings. The average molecular weight is 471 g/mol. The number of unbranched alkanes of at least 4 members (excludes halogenated alkanes) is 6. The second-order valence-corrected chi connectivity index (χ2v) is 8.90. The van der Waals surface area contributed by atoms with Crippen LogP contribution in [0.1, 0.15) is 77.2 Å². The molecule has 34 heavy (non-hydrogen) atoms. The summed E-state index contributed by atoms with van der Waals surface area (Å²) in [5.74, 6) is -1.77. The van der Waals surface area contributed by atoms with Crippen LogP contribution in [0.25, 0.3) is 10.9 Å². The van der Waals surface area contributed by atoms with E-state index in [1.165, 1.54) is 32.6 Å². The maximum absolute atomic E-state index is 13.1. The van der Waals surface area contributed by atoms with Crippen LogP contribution in [0.4, 0.5) is 0 Å². The fourth-order valence-corrected chi connectivity index (χ4v) is 4.01. The topological polar surface area (TPSA) is 134 Å². The molecule has 1 aromatic heterocycles. The van der Waals surface area contributed by atoms with E-state index in [0.717, 1.165) is 35.7 Å². The second-order valence-electron chi connectivity index (χ2n) is 8.90. The Balaban J connectivity index is 2.04. The van der Waals surface area contributed by atoms with Crippen molar-refractivity contribution in [3.8, 4) is 0 Å². The van der Waals surface area contributed by atoms with Crippen LogP contribution in [0.15, 0.2) is 30.5 Å². The molecule has 8 nitrogen and oxygen atoms in total. The van der Waals surface area contributed by atoms with Gasteiger partial charge in [0.1, 0.15) is 6.04 Å². The van der Waals surface area contributed by atoms with Crippen LogP contribution in [0, 0.1) is 0 Å². The van der Waals surface area contributed by atoms with Crippen molar-refractivity contribution < 1.29 is 19.2 Å². The van der Waals surface area contributed by atoms with Crippen molar-refractivity contribution in [3.05, 3.63) is 36.0 Å². The van der Waals surface area contributed by atoms with E-state index in [-0.39, 0.29) is 24.5 Å². The van der Waals surface area contributed by atoms with Crippen LogP contribution < -0.4 is 16.4 Å². The Morgan fingerprint density at radius 3 is 2.29 bits per heavy atom. The Morgan fingerprint density at radius 1 is 0.941 bits per heavy atom. The first kappa shape index (κ1) is 27.1. The molecule has 1 aromatic carbocycles. The molecular formula is C26H38N4O4. The summed E-state index contributed by atoms with van der Waals surface area (Å²) < 4.78 is 0. The van der Waals surface area contributed by atoms with Gasteiger partial charge in [-0.3, -0.25) is 19.2 Å². The van der Waals surface area contributed by atoms with E-state index in [0.29, 0.717) is 6.42 Å². The number of H-pyrrole nitrogens is 1. The third kappa shape index (κ3) is 9.00. The molecule has 0 aliphatic heterocycles. The Bertz CT molecular complexity index is 969. The van der Waals surface area contributed by atoms with Crippen molar-refractivity contribution in [2.45, 2.75) is 90.1 Å². The molecule has 5 N–H and O–H groups in total. The number of primary amides is 1. The highest BCUT2D eigenvalue weighted by atomic mass is 16.2. The number of hydrogen-bond acceptors (Lipinski definition) is 4. The van der Waals surface area contributed by atoms with Gasteiger partial charge in [-0.2, -0.15) is 0 Å². The normalized spacial score (nSPS) is 12.8. The SMILES string of the molecule is CCCCCCCCCC(=O)NC(Cc1c[nH]c2ccccc12)C(=O)N[C@H](CC(N)=O)C(C)=O. The second kappa shape index (κ2) is 14.2. The molecule has 2 atom stereocenters. The lowest BCUT2D eigenvalue weighted by Gasteiger charge is -2.22. The molecule has 8 heteroatoms. The molecule has 0 aliphatic rings. The van der Waals surface area contributed by atoms with Gasteiger partial charge in [0.05, 0.1) is 12.5 Å². The Labute approximate surface area is 201 Å². The number of aromatic amines is 1. The third-order valence-electron chi connectivity index (χ3n) is 5.97. The van der Waals surface area contributed by atoms with Gasteiger partial charge in [0.15, 0.2) is 5.78 Å². The van der Waals surface area contributed by atoms with Crippen molar-refractivity contribution in [1.82, 2.24) is 15.6 Å². The van der Waals surface area contributed by atoms with Crippen LogP contribution in [0.5, 0.6) is 0 Å². The van der Waals surface area contributed by atoms with E-state index in [9.17, 15) is 19.2 Å². The van der Waals surface area contributed by atoms with Crippen molar-refractivity contribution in [2.75, 3.05) is 0 Å². The maximum atomic E-state index is 13.1. The van der Waals surface area contributed by atoms with E-state index in [2.05, 4.69) is 22.5 Å². The zero-order chi connectivity index (χ0) is 24.9. The summed E-state index contributed by atoms with van der Waals surface area (Å²) in [5.41, 5.74) is 7.03. The summed E-state index contributed by atoms with van der Waals surface area (Å²) in [6.07, 6.45) is 9.78. The van der Waals surface area contributed by atoms with Crippen LogP contribution in [0.2, 0.25) is 0 Å². The van der Waals surface area contributed by atoms with Gasteiger partial charge in [-0.1, -0.05) is 63.6 Å². The van der Waals surface area contributed by atoms with E-state index >= 15 is 0 Å². The summed E-state index contributed by atoms with van der Waals surface area (Å²) in [7, 11) is 0. The van der Waals surface area contributed by atoms with E-state index in [1.807, 2.05) is 30.5 Å². The molecule has 0 bridgehead atoms. The predicted molar refractivity (Wildman–Crippen MR) is 133 cm³/mol. The highest BCUT2D eigenvalue weighted by molar-refractivity contribution is 5.95. The number of carbonyl (C=O) groups excluding carboxylic acids is 4. The Morgan fingerprint density at radius 2 is 1.62 bits per heavy atom. The molecule has 186 valence electrons. The van der Waals surface area contributed by atoms with Crippen LogP contribution in [-0.4, -0.2) is 40.6 Å². The fraction of sp³-hybridized carbons (Fsp3) is 0.538. The van der Waals surface area contributed by atoms with Gasteiger partial charge >= 0.3 is 0 Å². The number of carbonyl (C=O) groups is 4. The molecule has 0 fully saturated rings. The monoisotopic (exact) mass is 470 g/mol. The minimum Gasteiger partial charge on any atom is -0.370 e. The smallest absolute Gasteiger partial charge is 0.243 e. The number of nitrogens with one attached hydrogen (secondary N) is 3. The van der Waals surface area contributed by atoms with Gasteiger partial charge in [0.25, 0.3) is 0 Å². The standard InChI is InChI=1S/C26H38N4O4/c1-3-4-5-6-7-8-9-14-25(33)29-23(26(34)30-22(18(2)31)16-24(27)32)15-19-17-28-21-13-11-10-12-20(19)21/h10-13,17,22-23,28H,3-9,14-16H2,1-2H3,(H2,27,32)(H,29,33)(H,30,34)/t22-,23?/m1/s1. The molecular weight excluding hydrogens is 432 g/mol. The summed E-state index contributed by atoms with van der Waals surface area (Å²) in [6.45, 7) is 3.47. The van der Waals surface area contributed by atoms with Crippen molar-refractivity contribution >= 4 is 34.4 Å². The molecule has 0 radical (unpaired) electrons. The first-order valence-corrected chi connectivity index (χ1v) is 12.2. The van der Waals surface area contributed by atoms with Gasteiger partial charge in [-0.05, 0) is 25.0 Å². The number of rotatable bonds is 16. The minimum absolute atomic E-state index is 0.206.